The fraction of sp³-hybridized carbons (Fsp3) is 0.635. The molecule has 1 atom stereocenters. The first kappa shape index (κ1) is 64.8. The van der Waals surface area contributed by atoms with Crippen molar-refractivity contribution in [1.82, 2.24) is 0 Å². The fourth-order valence-electron chi connectivity index (χ4n) is 7.15. The Hall–Kier alpha value is -4.19. The van der Waals surface area contributed by atoms with Crippen LogP contribution in [0.15, 0.2) is 122 Å². The molecule has 0 unspecified atom stereocenters. The normalized spacial score (nSPS) is 13.0. The van der Waals surface area contributed by atoms with E-state index >= 15 is 0 Å². The molecule has 0 bridgehead atoms. The highest BCUT2D eigenvalue weighted by Crippen LogP contribution is 2.11. The maximum absolute atomic E-state index is 12.8. The molecule has 390 valence electrons. The van der Waals surface area contributed by atoms with Gasteiger partial charge in [-0.3, -0.25) is 14.4 Å². The van der Waals surface area contributed by atoms with Gasteiger partial charge >= 0.3 is 17.9 Å². The fourth-order valence-corrected chi connectivity index (χ4v) is 7.15. The van der Waals surface area contributed by atoms with Crippen LogP contribution < -0.4 is 0 Å². The Labute approximate surface area is 424 Å². The van der Waals surface area contributed by atoms with Crippen molar-refractivity contribution in [3.05, 3.63) is 122 Å². The van der Waals surface area contributed by atoms with Gasteiger partial charge in [0.25, 0.3) is 0 Å². The SMILES string of the molecule is CCCCC/C=C\C/C=C\C/C=C\C/C=C\CCCCCC(=O)O[C@@H](COC(=O)CCC/C=C\C/C=C\C/C=C\CCCCCCCC)COC(=O)CCCC/C=C\C/C=C\C/C=C\CCCCC. The van der Waals surface area contributed by atoms with Gasteiger partial charge in [0.15, 0.2) is 6.10 Å². The summed E-state index contributed by atoms with van der Waals surface area (Å²) in [5.74, 6) is -1.05. The van der Waals surface area contributed by atoms with Crippen LogP contribution in [0.1, 0.15) is 239 Å². The van der Waals surface area contributed by atoms with Gasteiger partial charge in [-0.1, -0.05) is 206 Å². The second-order valence-electron chi connectivity index (χ2n) is 18.1. The minimum absolute atomic E-state index is 0.130. The van der Waals surface area contributed by atoms with Crippen molar-refractivity contribution in [3.8, 4) is 0 Å². The Morgan fingerprint density at radius 1 is 0.290 bits per heavy atom. The zero-order valence-electron chi connectivity index (χ0n) is 44.5. The van der Waals surface area contributed by atoms with Gasteiger partial charge in [0.05, 0.1) is 0 Å². The van der Waals surface area contributed by atoms with Gasteiger partial charge in [-0.05, 0) is 135 Å². The molecule has 0 fully saturated rings. The highest BCUT2D eigenvalue weighted by atomic mass is 16.6. The monoisotopic (exact) mass is 955 g/mol. The second kappa shape index (κ2) is 56.4. The Morgan fingerprint density at radius 3 is 0.928 bits per heavy atom. The molecule has 0 aromatic heterocycles. The van der Waals surface area contributed by atoms with Gasteiger partial charge in [0.1, 0.15) is 13.2 Å². The Balaban J connectivity index is 4.60. The number of allylic oxidation sites excluding steroid dienone is 20. The first-order valence-electron chi connectivity index (χ1n) is 28.0. The number of ether oxygens (including phenoxy) is 3. The lowest BCUT2D eigenvalue weighted by Crippen LogP contribution is -2.30. The van der Waals surface area contributed by atoms with E-state index in [1.165, 1.54) is 96.3 Å². The smallest absolute Gasteiger partial charge is 0.306 e. The summed E-state index contributed by atoms with van der Waals surface area (Å²) in [7, 11) is 0. The van der Waals surface area contributed by atoms with Gasteiger partial charge in [-0.15, -0.1) is 0 Å². The summed E-state index contributed by atoms with van der Waals surface area (Å²) in [4.78, 5) is 38.1. The number of unbranched alkanes of at least 4 members (excludes halogenated alkanes) is 18. The van der Waals surface area contributed by atoms with Crippen LogP contribution >= 0.6 is 0 Å². The lowest BCUT2D eigenvalue weighted by molar-refractivity contribution is -0.167. The maximum atomic E-state index is 12.8. The van der Waals surface area contributed by atoms with E-state index in [1.807, 2.05) is 0 Å². The number of carbonyl (C=O) groups excluding carboxylic acids is 3. The topological polar surface area (TPSA) is 78.9 Å². The second-order valence-corrected chi connectivity index (χ2v) is 18.1. The van der Waals surface area contributed by atoms with E-state index < -0.39 is 6.10 Å². The van der Waals surface area contributed by atoms with Crippen LogP contribution in [-0.2, 0) is 28.6 Å². The highest BCUT2D eigenvalue weighted by Gasteiger charge is 2.19. The summed E-state index contributed by atoms with van der Waals surface area (Å²) in [6, 6.07) is 0. The molecule has 0 rings (SSSR count). The summed E-state index contributed by atoms with van der Waals surface area (Å²) in [6.45, 7) is 6.46. The first-order chi connectivity index (χ1) is 34.0. The molecule has 0 saturated heterocycles. The quantitative estimate of drug-likeness (QED) is 0.0262. The van der Waals surface area contributed by atoms with E-state index in [-0.39, 0.29) is 50.4 Å². The van der Waals surface area contributed by atoms with E-state index in [9.17, 15) is 14.4 Å². The summed E-state index contributed by atoms with van der Waals surface area (Å²) < 4.78 is 16.7. The third kappa shape index (κ3) is 54.6. The van der Waals surface area contributed by atoms with Crippen LogP contribution in [-0.4, -0.2) is 37.2 Å². The molecule has 0 aromatic carbocycles. The van der Waals surface area contributed by atoms with E-state index in [0.717, 1.165) is 83.5 Å². The summed E-state index contributed by atoms with van der Waals surface area (Å²) in [5.41, 5.74) is 0. The predicted octanol–water partition coefficient (Wildman–Crippen LogP) is 18.9. The molecule has 0 N–H and O–H groups in total. The third-order valence-electron chi connectivity index (χ3n) is 11.4. The van der Waals surface area contributed by atoms with Crippen LogP contribution in [0.4, 0.5) is 0 Å². The number of hydrogen-bond acceptors (Lipinski definition) is 6. The first-order valence-corrected chi connectivity index (χ1v) is 28.0. The Kier molecular flexibility index (Phi) is 53.0. The van der Waals surface area contributed by atoms with E-state index in [0.29, 0.717) is 19.3 Å². The Morgan fingerprint density at radius 2 is 0.536 bits per heavy atom. The van der Waals surface area contributed by atoms with Crippen molar-refractivity contribution < 1.29 is 28.6 Å². The van der Waals surface area contributed by atoms with Crippen molar-refractivity contribution in [3.63, 3.8) is 0 Å². The molecule has 0 heterocycles. The van der Waals surface area contributed by atoms with Gasteiger partial charge in [0, 0.05) is 19.3 Å². The number of carbonyl (C=O) groups is 3. The average Bonchev–Trinajstić information content (AvgIpc) is 3.35. The molecule has 6 nitrogen and oxygen atoms in total. The number of esters is 3. The molecule has 0 aliphatic rings. The largest absolute Gasteiger partial charge is 0.462 e. The lowest BCUT2D eigenvalue weighted by atomic mass is 10.1. The molecule has 0 amide bonds. The minimum atomic E-state index is -0.835. The van der Waals surface area contributed by atoms with Gasteiger partial charge < -0.3 is 14.2 Å². The van der Waals surface area contributed by atoms with Crippen LogP contribution in [0.25, 0.3) is 0 Å². The molecule has 0 aliphatic heterocycles. The summed E-state index contributed by atoms with van der Waals surface area (Å²) in [5, 5.41) is 0. The molecule has 0 radical (unpaired) electrons. The third-order valence-corrected chi connectivity index (χ3v) is 11.4. The predicted molar refractivity (Wildman–Crippen MR) is 297 cm³/mol. The van der Waals surface area contributed by atoms with Crippen LogP contribution in [0.3, 0.4) is 0 Å². The van der Waals surface area contributed by atoms with Crippen molar-refractivity contribution in [2.45, 2.75) is 245 Å². The van der Waals surface area contributed by atoms with Crippen molar-refractivity contribution in [2.24, 2.45) is 0 Å². The molecule has 0 aliphatic carbocycles. The number of hydrogen-bond donors (Lipinski definition) is 0. The van der Waals surface area contributed by atoms with Gasteiger partial charge in [0.2, 0.25) is 0 Å². The molecule has 0 spiro atoms. The zero-order valence-corrected chi connectivity index (χ0v) is 44.5. The van der Waals surface area contributed by atoms with Crippen LogP contribution in [0, 0.1) is 0 Å². The van der Waals surface area contributed by atoms with E-state index in [1.54, 1.807) is 0 Å². The molecular formula is C63H102O6. The molecule has 6 heteroatoms. The zero-order chi connectivity index (χ0) is 50.0. The number of rotatable bonds is 49. The minimum Gasteiger partial charge on any atom is -0.462 e. The maximum Gasteiger partial charge on any atom is 0.306 e. The highest BCUT2D eigenvalue weighted by molar-refractivity contribution is 5.71. The molecule has 0 saturated carbocycles. The van der Waals surface area contributed by atoms with Gasteiger partial charge in [-0.25, -0.2) is 0 Å². The standard InChI is InChI=1S/C63H102O6/c1-4-7-10-13-16-19-22-25-28-30-31-33-36-39-42-45-48-51-54-57-63(66)69-60(58-67-61(64)55-52-49-46-43-40-37-34-27-24-21-18-15-12-9-6-3)59-68-62(65)56-53-50-47-44-41-38-35-32-29-26-23-20-17-14-11-8-5-2/h16,18-19,21,25-29,31,33-35,38-40,42-44,47,60H,4-15,17,20,22-24,30,32,36-37,41,45-46,48-59H2,1-3H3/b19-16-,21-18-,28-25-,29-26-,33-31-,34-27-,38-35-,42-39-,43-40-,47-44-/t60-/m1/s1. The van der Waals surface area contributed by atoms with Crippen molar-refractivity contribution in [1.29, 1.82) is 0 Å². The van der Waals surface area contributed by atoms with Crippen molar-refractivity contribution >= 4 is 17.9 Å². The molecule has 69 heavy (non-hydrogen) atoms. The molecule has 0 aromatic rings. The van der Waals surface area contributed by atoms with E-state index in [4.69, 9.17) is 14.2 Å². The summed E-state index contributed by atoms with van der Waals surface area (Å²) >= 11 is 0. The summed E-state index contributed by atoms with van der Waals surface area (Å²) in [6.07, 6.45) is 77.6. The van der Waals surface area contributed by atoms with Gasteiger partial charge in [-0.2, -0.15) is 0 Å². The molecular weight excluding hydrogens is 853 g/mol. The Bertz CT molecular complexity index is 1470. The average molecular weight is 956 g/mol. The lowest BCUT2D eigenvalue weighted by Gasteiger charge is -2.18. The van der Waals surface area contributed by atoms with Crippen LogP contribution in [0.2, 0.25) is 0 Å². The van der Waals surface area contributed by atoms with Crippen LogP contribution in [0.5, 0.6) is 0 Å². The van der Waals surface area contributed by atoms with E-state index in [2.05, 4.69) is 142 Å². The van der Waals surface area contributed by atoms with Crippen molar-refractivity contribution in [2.75, 3.05) is 13.2 Å².